The zero-order valence-electron chi connectivity index (χ0n) is 10.9. The molecular weight excluding hydrogens is 233 g/mol. The van der Waals surface area contributed by atoms with E-state index in [1.807, 2.05) is 6.07 Å². The molecule has 18 heavy (non-hydrogen) atoms. The quantitative estimate of drug-likeness (QED) is 0.899. The van der Waals surface area contributed by atoms with Gasteiger partial charge in [-0.15, -0.1) is 0 Å². The Morgan fingerprint density at radius 2 is 2.06 bits per heavy atom. The van der Waals surface area contributed by atoms with Crippen molar-refractivity contribution in [1.29, 1.82) is 0 Å². The number of hydrogen-bond acceptors (Lipinski definition) is 3. The Morgan fingerprint density at radius 1 is 1.39 bits per heavy atom. The van der Waals surface area contributed by atoms with Crippen LogP contribution in [-0.4, -0.2) is 25.9 Å². The van der Waals surface area contributed by atoms with Crippen molar-refractivity contribution in [3.05, 3.63) is 35.1 Å². The molecule has 1 aliphatic heterocycles. The fraction of sp³-hybridized carbons (Fsp3) is 0.571. The summed E-state index contributed by atoms with van der Waals surface area (Å²) in [5.41, 5.74) is 7.25. The van der Waals surface area contributed by atoms with E-state index in [0.29, 0.717) is 18.8 Å². The predicted molar refractivity (Wildman–Crippen MR) is 67.9 cm³/mol. The lowest BCUT2D eigenvalue weighted by molar-refractivity contribution is -0.105. The van der Waals surface area contributed by atoms with Crippen molar-refractivity contribution >= 4 is 0 Å². The molecule has 100 valence electrons. The van der Waals surface area contributed by atoms with Crippen molar-refractivity contribution in [2.75, 3.05) is 20.3 Å². The van der Waals surface area contributed by atoms with Gasteiger partial charge >= 0.3 is 0 Å². The standard InChI is InChI=1S/C14H20FNO2/c1-10-3-4-11(9-12(10)15)13(16)14(17-2)5-7-18-8-6-14/h3-4,9,13H,5-8,16H2,1-2H3. The average Bonchev–Trinajstić information content (AvgIpc) is 2.42. The highest BCUT2D eigenvalue weighted by atomic mass is 19.1. The Balaban J connectivity index is 2.27. The van der Waals surface area contributed by atoms with Gasteiger partial charge in [0.1, 0.15) is 5.82 Å². The van der Waals surface area contributed by atoms with Gasteiger partial charge in [0.15, 0.2) is 0 Å². The van der Waals surface area contributed by atoms with Crippen molar-refractivity contribution in [3.63, 3.8) is 0 Å². The van der Waals surface area contributed by atoms with Gasteiger partial charge < -0.3 is 15.2 Å². The van der Waals surface area contributed by atoms with Crippen LogP contribution in [0, 0.1) is 12.7 Å². The second kappa shape index (κ2) is 5.34. The van der Waals surface area contributed by atoms with Crippen LogP contribution in [0.2, 0.25) is 0 Å². The minimum absolute atomic E-state index is 0.221. The number of benzene rings is 1. The van der Waals surface area contributed by atoms with E-state index < -0.39 is 5.60 Å². The summed E-state index contributed by atoms with van der Waals surface area (Å²) in [6, 6.07) is 4.81. The Kier molecular flexibility index (Phi) is 4.00. The van der Waals surface area contributed by atoms with Crippen LogP contribution in [0.5, 0.6) is 0 Å². The molecule has 1 heterocycles. The summed E-state index contributed by atoms with van der Waals surface area (Å²) in [5.74, 6) is -0.221. The van der Waals surface area contributed by atoms with E-state index in [0.717, 1.165) is 18.4 Å². The summed E-state index contributed by atoms with van der Waals surface area (Å²) in [4.78, 5) is 0. The molecule has 1 saturated heterocycles. The Morgan fingerprint density at radius 3 is 2.61 bits per heavy atom. The lowest BCUT2D eigenvalue weighted by Gasteiger charge is -2.40. The van der Waals surface area contributed by atoms with Crippen molar-refractivity contribution in [2.24, 2.45) is 5.73 Å². The molecule has 1 aliphatic rings. The van der Waals surface area contributed by atoms with Crippen LogP contribution in [0.25, 0.3) is 0 Å². The summed E-state index contributed by atoms with van der Waals surface area (Å²) in [5, 5.41) is 0. The van der Waals surface area contributed by atoms with E-state index in [-0.39, 0.29) is 11.9 Å². The second-order valence-corrected chi connectivity index (χ2v) is 4.87. The summed E-state index contributed by atoms with van der Waals surface area (Å²) >= 11 is 0. The summed E-state index contributed by atoms with van der Waals surface area (Å²) in [6.45, 7) is 3.01. The highest BCUT2D eigenvalue weighted by Gasteiger charge is 2.39. The largest absolute Gasteiger partial charge is 0.381 e. The van der Waals surface area contributed by atoms with Crippen molar-refractivity contribution in [3.8, 4) is 0 Å². The molecule has 1 aromatic rings. The van der Waals surface area contributed by atoms with Crippen molar-refractivity contribution in [2.45, 2.75) is 31.4 Å². The smallest absolute Gasteiger partial charge is 0.126 e. The van der Waals surface area contributed by atoms with E-state index in [1.54, 1.807) is 20.1 Å². The summed E-state index contributed by atoms with van der Waals surface area (Å²) in [6.07, 6.45) is 1.47. The second-order valence-electron chi connectivity index (χ2n) is 4.87. The van der Waals surface area contributed by atoms with E-state index in [2.05, 4.69) is 0 Å². The molecule has 0 bridgehead atoms. The van der Waals surface area contributed by atoms with E-state index >= 15 is 0 Å². The fourth-order valence-electron chi connectivity index (χ4n) is 2.47. The van der Waals surface area contributed by atoms with Crippen LogP contribution in [0.3, 0.4) is 0 Å². The van der Waals surface area contributed by atoms with Gasteiger partial charge in [0.2, 0.25) is 0 Å². The number of halogens is 1. The molecule has 2 N–H and O–H groups in total. The molecule has 0 spiro atoms. The predicted octanol–water partition coefficient (Wildman–Crippen LogP) is 2.33. The normalized spacial score (nSPS) is 20.7. The van der Waals surface area contributed by atoms with Crippen LogP contribution in [0.15, 0.2) is 18.2 Å². The van der Waals surface area contributed by atoms with Gasteiger partial charge in [0.25, 0.3) is 0 Å². The molecule has 1 unspecified atom stereocenters. The average molecular weight is 253 g/mol. The zero-order chi connectivity index (χ0) is 13.2. The third-order valence-corrected chi connectivity index (χ3v) is 3.87. The highest BCUT2D eigenvalue weighted by Crippen LogP contribution is 2.36. The lowest BCUT2D eigenvalue weighted by atomic mass is 9.82. The Labute approximate surface area is 107 Å². The zero-order valence-corrected chi connectivity index (χ0v) is 10.9. The van der Waals surface area contributed by atoms with Gasteiger partial charge in [-0.1, -0.05) is 12.1 Å². The fourth-order valence-corrected chi connectivity index (χ4v) is 2.47. The molecule has 4 heteroatoms. The lowest BCUT2D eigenvalue weighted by Crippen LogP contribution is -2.47. The molecule has 1 fully saturated rings. The maximum atomic E-state index is 13.6. The first-order valence-corrected chi connectivity index (χ1v) is 6.23. The maximum absolute atomic E-state index is 13.6. The minimum atomic E-state index is -0.444. The van der Waals surface area contributed by atoms with Gasteiger partial charge in [-0.25, -0.2) is 4.39 Å². The molecule has 1 aromatic carbocycles. The van der Waals surface area contributed by atoms with Crippen LogP contribution >= 0.6 is 0 Å². The third-order valence-electron chi connectivity index (χ3n) is 3.87. The van der Waals surface area contributed by atoms with Gasteiger partial charge in [-0.3, -0.25) is 0 Å². The topological polar surface area (TPSA) is 44.5 Å². The number of aryl methyl sites for hydroxylation is 1. The molecule has 0 aliphatic carbocycles. The van der Waals surface area contributed by atoms with Gasteiger partial charge in [0, 0.05) is 33.2 Å². The van der Waals surface area contributed by atoms with Crippen LogP contribution < -0.4 is 5.73 Å². The molecule has 0 aromatic heterocycles. The molecule has 2 rings (SSSR count). The Bertz CT molecular complexity index is 416. The van der Waals surface area contributed by atoms with Crippen LogP contribution in [0.4, 0.5) is 4.39 Å². The SMILES string of the molecule is COC1(C(N)c2ccc(C)c(F)c2)CCOCC1. The number of hydrogen-bond donors (Lipinski definition) is 1. The van der Waals surface area contributed by atoms with E-state index in [1.165, 1.54) is 6.07 Å². The highest BCUT2D eigenvalue weighted by molar-refractivity contribution is 5.27. The molecular formula is C14H20FNO2. The number of ether oxygens (including phenoxy) is 2. The third kappa shape index (κ3) is 2.41. The summed E-state index contributed by atoms with van der Waals surface area (Å²) in [7, 11) is 1.66. The van der Waals surface area contributed by atoms with E-state index in [4.69, 9.17) is 15.2 Å². The van der Waals surface area contributed by atoms with Crippen molar-refractivity contribution < 1.29 is 13.9 Å². The van der Waals surface area contributed by atoms with Crippen LogP contribution in [-0.2, 0) is 9.47 Å². The van der Waals surface area contributed by atoms with Gasteiger partial charge in [-0.2, -0.15) is 0 Å². The molecule has 3 nitrogen and oxygen atoms in total. The number of rotatable bonds is 3. The molecule has 1 atom stereocenters. The molecule has 0 radical (unpaired) electrons. The maximum Gasteiger partial charge on any atom is 0.126 e. The van der Waals surface area contributed by atoms with Gasteiger partial charge in [0.05, 0.1) is 11.6 Å². The first kappa shape index (κ1) is 13.5. The van der Waals surface area contributed by atoms with E-state index in [9.17, 15) is 4.39 Å². The summed E-state index contributed by atoms with van der Waals surface area (Å²) < 4.78 is 24.6. The van der Waals surface area contributed by atoms with Crippen molar-refractivity contribution in [1.82, 2.24) is 0 Å². The molecule has 0 saturated carbocycles. The first-order valence-electron chi connectivity index (χ1n) is 6.23. The van der Waals surface area contributed by atoms with Crippen LogP contribution in [0.1, 0.15) is 30.0 Å². The number of methoxy groups -OCH3 is 1. The monoisotopic (exact) mass is 253 g/mol. The Hall–Kier alpha value is -0.970. The number of nitrogens with two attached hydrogens (primary N) is 1. The first-order chi connectivity index (χ1) is 8.59. The minimum Gasteiger partial charge on any atom is -0.381 e. The van der Waals surface area contributed by atoms with Gasteiger partial charge in [-0.05, 0) is 24.1 Å². The molecule has 0 amide bonds.